The quantitative estimate of drug-likeness (QED) is 0.510. The third-order valence-electron chi connectivity index (χ3n) is 5.23. The van der Waals surface area contributed by atoms with E-state index in [4.69, 9.17) is 9.47 Å². The molecule has 3 aromatic carbocycles. The average Bonchev–Trinajstić information content (AvgIpc) is 3.04. The Bertz CT molecular complexity index is 1230. The molecule has 2 amide bonds. The van der Waals surface area contributed by atoms with Crippen LogP contribution in [-0.2, 0) is 9.59 Å². The number of aryl methyl sites for hydroxylation is 1. The molecule has 1 aliphatic rings. The Balaban J connectivity index is 1.82. The summed E-state index contributed by atoms with van der Waals surface area (Å²) in [7, 11) is 1.58. The van der Waals surface area contributed by atoms with Gasteiger partial charge in [-0.3, -0.25) is 9.59 Å². The summed E-state index contributed by atoms with van der Waals surface area (Å²) in [6.07, 6.45) is -0.113. The smallest absolute Gasteiger partial charge is 0.282 e. The van der Waals surface area contributed by atoms with Gasteiger partial charge >= 0.3 is 0 Å². The number of anilines is 2. The monoisotopic (exact) mass is 442 g/mol. The molecule has 0 unspecified atom stereocenters. The van der Waals surface area contributed by atoms with Crippen molar-refractivity contribution in [3.8, 4) is 11.5 Å². The van der Waals surface area contributed by atoms with E-state index in [2.05, 4.69) is 5.32 Å². The zero-order valence-corrected chi connectivity index (χ0v) is 19.1. The van der Waals surface area contributed by atoms with E-state index < -0.39 is 11.8 Å². The van der Waals surface area contributed by atoms with Crippen LogP contribution in [0.15, 0.2) is 78.5 Å². The van der Waals surface area contributed by atoms with Crippen molar-refractivity contribution in [3.63, 3.8) is 0 Å². The number of hydrogen-bond acceptors (Lipinski definition) is 5. The number of methoxy groups -OCH3 is 1. The molecule has 0 fully saturated rings. The molecule has 0 saturated heterocycles. The third-order valence-corrected chi connectivity index (χ3v) is 5.23. The molecule has 6 heteroatoms. The summed E-state index contributed by atoms with van der Waals surface area (Å²) < 4.78 is 11.2. The molecule has 1 aliphatic heterocycles. The maximum atomic E-state index is 13.7. The van der Waals surface area contributed by atoms with E-state index in [-0.39, 0.29) is 11.8 Å². The van der Waals surface area contributed by atoms with Gasteiger partial charge in [0.1, 0.15) is 17.2 Å². The van der Waals surface area contributed by atoms with E-state index in [0.29, 0.717) is 34.0 Å². The molecule has 4 rings (SSSR count). The minimum atomic E-state index is -0.446. The number of amides is 2. The Morgan fingerprint density at radius 1 is 0.879 bits per heavy atom. The molecule has 0 spiro atoms. The van der Waals surface area contributed by atoms with E-state index in [0.717, 1.165) is 5.56 Å². The third kappa shape index (κ3) is 4.46. The molecule has 0 saturated carbocycles. The molecule has 1 N–H and O–H groups in total. The van der Waals surface area contributed by atoms with Gasteiger partial charge in [0.2, 0.25) is 0 Å². The van der Waals surface area contributed by atoms with Gasteiger partial charge in [0, 0.05) is 11.8 Å². The van der Waals surface area contributed by atoms with E-state index in [9.17, 15) is 9.59 Å². The molecule has 0 bridgehead atoms. The van der Waals surface area contributed by atoms with Gasteiger partial charge in [-0.2, -0.15) is 0 Å². The van der Waals surface area contributed by atoms with Crippen molar-refractivity contribution >= 4 is 28.8 Å². The zero-order chi connectivity index (χ0) is 23.5. The number of para-hydroxylation sites is 2. The molecule has 33 heavy (non-hydrogen) atoms. The highest BCUT2D eigenvalue weighted by Crippen LogP contribution is 2.38. The predicted octanol–water partition coefficient (Wildman–Crippen LogP) is 5.19. The summed E-state index contributed by atoms with van der Waals surface area (Å²) in [5, 5.41) is 3.17. The Hall–Kier alpha value is -4.06. The highest BCUT2D eigenvalue weighted by Gasteiger charge is 2.41. The van der Waals surface area contributed by atoms with E-state index in [1.165, 1.54) is 4.90 Å². The molecule has 0 aliphatic carbocycles. The summed E-state index contributed by atoms with van der Waals surface area (Å²) in [5.41, 5.74) is 3.29. The van der Waals surface area contributed by atoms with Gasteiger partial charge in [-0.1, -0.05) is 48.0 Å². The minimum Gasteiger partial charge on any atom is -0.497 e. The Morgan fingerprint density at radius 3 is 2.30 bits per heavy atom. The standard InChI is InChI=1S/C27H26N2O4/c1-17(2)33-23-11-6-5-10-22(23)29-26(30)24(19-14-12-18(3)13-15-19)25(27(29)31)28-20-8-7-9-21(16-20)32-4/h5-17,28H,1-4H3. The van der Waals surface area contributed by atoms with Crippen molar-refractivity contribution in [2.45, 2.75) is 26.9 Å². The average molecular weight is 443 g/mol. The van der Waals surface area contributed by atoms with Crippen LogP contribution in [-0.4, -0.2) is 25.0 Å². The number of benzene rings is 3. The van der Waals surface area contributed by atoms with E-state index in [1.807, 2.05) is 69.3 Å². The maximum Gasteiger partial charge on any atom is 0.282 e. The lowest BCUT2D eigenvalue weighted by atomic mass is 10.0. The fraction of sp³-hybridized carbons (Fsp3) is 0.185. The molecule has 0 radical (unpaired) electrons. The molecular formula is C27H26N2O4. The topological polar surface area (TPSA) is 67.9 Å². The normalized spacial score (nSPS) is 13.7. The SMILES string of the molecule is COc1cccc(NC2=C(c3ccc(C)cc3)C(=O)N(c3ccccc3OC(C)C)C2=O)c1. The molecule has 1 heterocycles. The number of rotatable bonds is 7. The predicted molar refractivity (Wildman–Crippen MR) is 129 cm³/mol. The van der Waals surface area contributed by atoms with Gasteiger partial charge in [0.05, 0.1) is 24.5 Å². The van der Waals surface area contributed by atoms with Crippen LogP contribution in [0.1, 0.15) is 25.0 Å². The van der Waals surface area contributed by atoms with Crippen molar-refractivity contribution in [1.82, 2.24) is 0 Å². The number of imide groups is 1. The number of nitrogens with zero attached hydrogens (tertiary/aromatic N) is 1. The molecule has 0 aromatic heterocycles. The summed E-state index contributed by atoms with van der Waals surface area (Å²) in [6, 6.07) is 21.8. The van der Waals surface area contributed by atoms with Crippen LogP contribution in [0.5, 0.6) is 11.5 Å². The molecule has 6 nitrogen and oxygen atoms in total. The second-order valence-corrected chi connectivity index (χ2v) is 8.05. The number of carbonyl (C=O) groups excluding carboxylic acids is 2. The second kappa shape index (κ2) is 9.20. The maximum absolute atomic E-state index is 13.7. The van der Waals surface area contributed by atoms with Gasteiger partial charge in [0.25, 0.3) is 11.8 Å². The molecular weight excluding hydrogens is 416 g/mol. The first-order valence-corrected chi connectivity index (χ1v) is 10.8. The van der Waals surface area contributed by atoms with Gasteiger partial charge in [0.15, 0.2) is 0 Å². The largest absolute Gasteiger partial charge is 0.497 e. The Morgan fingerprint density at radius 2 is 1.61 bits per heavy atom. The lowest BCUT2D eigenvalue weighted by Gasteiger charge is -2.20. The molecule has 168 valence electrons. The lowest BCUT2D eigenvalue weighted by molar-refractivity contribution is -0.120. The lowest BCUT2D eigenvalue weighted by Crippen LogP contribution is -2.33. The van der Waals surface area contributed by atoms with Crippen molar-refractivity contribution in [2.75, 3.05) is 17.3 Å². The summed E-state index contributed by atoms with van der Waals surface area (Å²) >= 11 is 0. The van der Waals surface area contributed by atoms with Crippen molar-refractivity contribution in [1.29, 1.82) is 0 Å². The second-order valence-electron chi connectivity index (χ2n) is 8.05. The highest BCUT2D eigenvalue weighted by atomic mass is 16.5. The first-order valence-electron chi connectivity index (χ1n) is 10.8. The fourth-order valence-electron chi connectivity index (χ4n) is 3.69. The van der Waals surface area contributed by atoms with Crippen LogP contribution in [0.2, 0.25) is 0 Å². The Kier molecular flexibility index (Phi) is 6.18. The first-order chi connectivity index (χ1) is 15.9. The van der Waals surface area contributed by atoms with Crippen molar-refractivity contribution in [2.24, 2.45) is 0 Å². The first kappa shape index (κ1) is 22.1. The van der Waals surface area contributed by atoms with E-state index >= 15 is 0 Å². The summed E-state index contributed by atoms with van der Waals surface area (Å²) in [6.45, 7) is 5.77. The van der Waals surface area contributed by atoms with Crippen molar-refractivity contribution in [3.05, 3.63) is 89.6 Å². The molecule has 0 atom stereocenters. The van der Waals surface area contributed by atoms with Crippen LogP contribution in [0.3, 0.4) is 0 Å². The van der Waals surface area contributed by atoms with Gasteiger partial charge in [-0.05, 0) is 50.6 Å². The van der Waals surface area contributed by atoms with Gasteiger partial charge < -0.3 is 14.8 Å². The highest BCUT2D eigenvalue weighted by molar-refractivity contribution is 6.46. The van der Waals surface area contributed by atoms with Crippen LogP contribution >= 0.6 is 0 Å². The fourth-order valence-corrected chi connectivity index (χ4v) is 3.69. The number of hydrogen-bond donors (Lipinski definition) is 1. The number of carbonyl (C=O) groups is 2. The number of ether oxygens (including phenoxy) is 2. The van der Waals surface area contributed by atoms with Crippen LogP contribution < -0.4 is 19.7 Å². The van der Waals surface area contributed by atoms with Crippen LogP contribution in [0.25, 0.3) is 5.57 Å². The summed E-state index contributed by atoms with van der Waals surface area (Å²) in [4.78, 5) is 28.5. The molecule has 3 aromatic rings. The van der Waals surface area contributed by atoms with Crippen LogP contribution in [0, 0.1) is 6.92 Å². The van der Waals surface area contributed by atoms with Crippen LogP contribution in [0.4, 0.5) is 11.4 Å². The van der Waals surface area contributed by atoms with E-state index in [1.54, 1.807) is 31.4 Å². The minimum absolute atomic E-state index is 0.113. The van der Waals surface area contributed by atoms with Crippen molar-refractivity contribution < 1.29 is 19.1 Å². The zero-order valence-electron chi connectivity index (χ0n) is 19.1. The summed E-state index contributed by atoms with van der Waals surface area (Å²) in [5.74, 6) is 0.258. The Labute approximate surface area is 193 Å². The number of nitrogens with one attached hydrogen (secondary N) is 1. The van der Waals surface area contributed by atoms with Gasteiger partial charge in [-0.15, -0.1) is 0 Å². The van der Waals surface area contributed by atoms with Gasteiger partial charge in [-0.25, -0.2) is 4.90 Å².